The molecule has 4 nitrogen and oxygen atoms in total. The van der Waals surface area contributed by atoms with Crippen LogP contribution in [0.3, 0.4) is 0 Å². The van der Waals surface area contributed by atoms with Gasteiger partial charge in [-0.1, -0.05) is 6.07 Å². The summed E-state index contributed by atoms with van der Waals surface area (Å²) in [6.07, 6.45) is -0.413. The zero-order chi connectivity index (χ0) is 12.0. The van der Waals surface area contributed by atoms with Crippen molar-refractivity contribution in [3.63, 3.8) is 0 Å². The van der Waals surface area contributed by atoms with E-state index in [-0.39, 0.29) is 5.75 Å². The standard InChI is InChI=1S/C12H18O4/c1-4-15-12(16-5-2)9-6-7-10(13)11(8-9)14-3/h6-8,12-13H,4-5H2,1-3H3. The predicted octanol–water partition coefficient (Wildman–Crippen LogP) is 2.47. The van der Waals surface area contributed by atoms with E-state index in [1.807, 2.05) is 13.8 Å². The first-order chi connectivity index (χ1) is 7.72. The Kier molecular flexibility index (Phi) is 5.08. The fourth-order valence-electron chi connectivity index (χ4n) is 1.38. The highest BCUT2D eigenvalue weighted by atomic mass is 16.7. The molecular weight excluding hydrogens is 208 g/mol. The van der Waals surface area contributed by atoms with Gasteiger partial charge in [0.05, 0.1) is 7.11 Å². The van der Waals surface area contributed by atoms with Crippen LogP contribution < -0.4 is 4.74 Å². The topological polar surface area (TPSA) is 47.9 Å². The van der Waals surface area contributed by atoms with Gasteiger partial charge < -0.3 is 19.3 Å². The second-order valence-electron chi connectivity index (χ2n) is 3.17. The molecule has 0 saturated carbocycles. The van der Waals surface area contributed by atoms with Crippen molar-refractivity contribution in [3.8, 4) is 11.5 Å². The third-order valence-corrected chi connectivity index (χ3v) is 2.11. The lowest BCUT2D eigenvalue weighted by molar-refractivity contribution is -0.140. The van der Waals surface area contributed by atoms with Crippen LogP contribution in [0.5, 0.6) is 11.5 Å². The summed E-state index contributed by atoms with van der Waals surface area (Å²) < 4.78 is 15.9. The summed E-state index contributed by atoms with van der Waals surface area (Å²) in [7, 11) is 1.51. The molecule has 90 valence electrons. The van der Waals surface area contributed by atoms with E-state index in [2.05, 4.69) is 0 Å². The molecule has 1 rings (SSSR count). The first kappa shape index (κ1) is 12.8. The Labute approximate surface area is 95.8 Å². The number of ether oxygens (including phenoxy) is 3. The number of phenolic OH excluding ortho intramolecular Hbond substituents is 1. The minimum atomic E-state index is -0.413. The van der Waals surface area contributed by atoms with E-state index in [4.69, 9.17) is 14.2 Å². The Bertz CT molecular complexity index is 319. The van der Waals surface area contributed by atoms with Crippen molar-refractivity contribution in [2.45, 2.75) is 20.1 Å². The van der Waals surface area contributed by atoms with Gasteiger partial charge in [-0.2, -0.15) is 0 Å². The van der Waals surface area contributed by atoms with Crippen LogP contribution in [0.2, 0.25) is 0 Å². The molecule has 0 fully saturated rings. The number of methoxy groups -OCH3 is 1. The maximum absolute atomic E-state index is 9.47. The SMILES string of the molecule is CCOC(OCC)c1ccc(O)c(OC)c1. The molecule has 0 aliphatic rings. The summed E-state index contributed by atoms with van der Waals surface area (Å²) in [4.78, 5) is 0. The predicted molar refractivity (Wildman–Crippen MR) is 60.7 cm³/mol. The normalized spacial score (nSPS) is 10.8. The highest BCUT2D eigenvalue weighted by Crippen LogP contribution is 2.30. The van der Waals surface area contributed by atoms with E-state index in [9.17, 15) is 5.11 Å². The average molecular weight is 226 g/mol. The van der Waals surface area contributed by atoms with Gasteiger partial charge in [-0.25, -0.2) is 0 Å². The molecule has 4 heteroatoms. The van der Waals surface area contributed by atoms with Gasteiger partial charge in [0.1, 0.15) is 0 Å². The molecule has 0 amide bonds. The third kappa shape index (κ3) is 3.12. The molecular formula is C12H18O4. The zero-order valence-electron chi connectivity index (χ0n) is 9.90. The van der Waals surface area contributed by atoms with E-state index in [1.54, 1.807) is 18.2 Å². The van der Waals surface area contributed by atoms with Crippen LogP contribution >= 0.6 is 0 Å². The molecule has 1 aromatic carbocycles. The molecule has 0 aliphatic carbocycles. The van der Waals surface area contributed by atoms with Gasteiger partial charge in [0.2, 0.25) is 0 Å². The molecule has 0 unspecified atom stereocenters. The van der Waals surface area contributed by atoms with Crippen LogP contribution in [0.25, 0.3) is 0 Å². The van der Waals surface area contributed by atoms with E-state index in [0.717, 1.165) is 5.56 Å². The quantitative estimate of drug-likeness (QED) is 0.757. The van der Waals surface area contributed by atoms with E-state index < -0.39 is 6.29 Å². The smallest absolute Gasteiger partial charge is 0.183 e. The average Bonchev–Trinajstić information content (AvgIpc) is 2.29. The summed E-state index contributed by atoms with van der Waals surface area (Å²) >= 11 is 0. The number of hydrogen-bond acceptors (Lipinski definition) is 4. The number of rotatable bonds is 6. The molecule has 0 aliphatic heterocycles. The first-order valence-electron chi connectivity index (χ1n) is 5.33. The molecule has 0 spiro atoms. The summed E-state index contributed by atoms with van der Waals surface area (Å²) in [5.74, 6) is 0.528. The van der Waals surface area contributed by atoms with E-state index in [1.165, 1.54) is 7.11 Å². The monoisotopic (exact) mass is 226 g/mol. The molecule has 0 saturated heterocycles. The van der Waals surface area contributed by atoms with Crippen LogP contribution in [-0.2, 0) is 9.47 Å². The van der Waals surface area contributed by atoms with Gasteiger partial charge in [0.15, 0.2) is 17.8 Å². The minimum absolute atomic E-state index is 0.109. The molecule has 0 radical (unpaired) electrons. The van der Waals surface area contributed by atoms with Gasteiger partial charge >= 0.3 is 0 Å². The van der Waals surface area contributed by atoms with Crippen molar-refractivity contribution >= 4 is 0 Å². The largest absolute Gasteiger partial charge is 0.504 e. The fraction of sp³-hybridized carbons (Fsp3) is 0.500. The first-order valence-corrected chi connectivity index (χ1v) is 5.33. The van der Waals surface area contributed by atoms with Gasteiger partial charge in [-0.05, 0) is 26.0 Å². The lowest BCUT2D eigenvalue weighted by Gasteiger charge is -2.18. The maximum atomic E-state index is 9.47. The lowest BCUT2D eigenvalue weighted by atomic mass is 10.2. The number of phenols is 1. The Hall–Kier alpha value is -1.26. The second-order valence-corrected chi connectivity index (χ2v) is 3.17. The second kappa shape index (κ2) is 6.35. The van der Waals surface area contributed by atoms with E-state index in [0.29, 0.717) is 19.0 Å². The highest BCUT2D eigenvalue weighted by molar-refractivity contribution is 5.42. The number of hydrogen-bond donors (Lipinski definition) is 1. The highest BCUT2D eigenvalue weighted by Gasteiger charge is 2.13. The molecule has 16 heavy (non-hydrogen) atoms. The van der Waals surface area contributed by atoms with Crippen molar-refractivity contribution in [1.29, 1.82) is 0 Å². The van der Waals surface area contributed by atoms with Crippen molar-refractivity contribution in [3.05, 3.63) is 23.8 Å². The van der Waals surface area contributed by atoms with Crippen LogP contribution in [0.1, 0.15) is 25.7 Å². The number of aromatic hydroxyl groups is 1. The Morgan fingerprint density at radius 1 is 1.19 bits per heavy atom. The summed E-state index contributed by atoms with van der Waals surface area (Å²) in [6.45, 7) is 4.94. The Balaban J connectivity index is 2.90. The zero-order valence-corrected chi connectivity index (χ0v) is 9.90. The number of benzene rings is 1. The van der Waals surface area contributed by atoms with Crippen molar-refractivity contribution in [2.24, 2.45) is 0 Å². The lowest BCUT2D eigenvalue weighted by Crippen LogP contribution is -2.08. The molecule has 1 N–H and O–H groups in total. The van der Waals surface area contributed by atoms with Crippen molar-refractivity contribution in [1.82, 2.24) is 0 Å². The summed E-state index contributed by atoms with van der Waals surface area (Å²) in [5, 5.41) is 9.47. The molecule has 0 atom stereocenters. The molecule has 0 bridgehead atoms. The van der Waals surface area contributed by atoms with Crippen LogP contribution in [-0.4, -0.2) is 25.4 Å². The minimum Gasteiger partial charge on any atom is -0.504 e. The van der Waals surface area contributed by atoms with Gasteiger partial charge in [0.25, 0.3) is 0 Å². The van der Waals surface area contributed by atoms with E-state index >= 15 is 0 Å². The molecule has 1 aromatic rings. The Morgan fingerprint density at radius 3 is 2.31 bits per heavy atom. The Morgan fingerprint density at radius 2 is 1.81 bits per heavy atom. The van der Waals surface area contributed by atoms with Crippen molar-refractivity contribution in [2.75, 3.05) is 20.3 Å². The van der Waals surface area contributed by atoms with Gasteiger partial charge in [0, 0.05) is 18.8 Å². The summed E-state index contributed by atoms with van der Waals surface area (Å²) in [6, 6.07) is 5.04. The maximum Gasteiger partial charge on any atom is 0.183 e. The van der Waals surface area contributed by atoms with Gasteiger partial charge in [-0.3, -0.25) is 0 Å². The molecule has 0 aromatic heterocycles. The molecule has 0 heterocycles. The van der Waals surface area contributed by atoms with Crippen LogP contribution in [0, 0.1) is 0 Å². The van der Waals surface area contributed by atoms with Crippen LogP contribution in [0.4, 0.5) is 0 Å². The van der Waals surface area contributed by atoms with Gasteiger partial charge in [-0.15, -0.1) is 0 Å². The van der Waals surface area contributed by atoms with Crippen molar-refractivity contribution < 1.29 is 19.3 Å². The summed E-state index contributed by atoms with van der Waals surface area (Å²) in [5.41, 5.74) is 0.832. The van der Waals surface area contributed by atoms with Crippen LogP contribution in [0.15, 0.2) is 18.2 Å². The fourth-order valence-corrected chi connectivity index (χ4v) is 1.38. The third-order valence-electron chi connectivity index (χ3n) is 2.11.